The normalized spacial score (nSPS) is 10.8. The quantitative estimate of drug-likeness (QED) is 0.931. The number of halogens is 2. The van der Waals surface area contributed by atoms with Crippen LogP contribution in [0.25, 0.3) is 11.4 Å². The lowest BCUT2D eigenvalue weighted by Crippen LogP contribution is -2.08. The Balaban J connectivity index is 2.35. The van der Waals surface area contributed by atoms with E-state index in [4.69, 9.17) is 5.73 Å². The number of hydrogen-bond donors (Lipinski definition) is 1. The minimum absolute atomic E-state index is 0.304. The third-order valence-electron chi connectivity index (χ3n) is 2.28. The lowest BCUT2D eigenvalue weighted by Gasteiger charge is -2.05. The maximum Gasteiger partial charge on any atom is 0.183 e. The molecule has 1 aromatic heterocycles. The molecule has 2 N–H and O–H groups in total. The Morgan fingerprint density at radius 3 is 2.94 bits per heavy atom. The van der Waals surface area contributed by atoms with E-state index in [1.165, 1.54) is 12.1 Å². The molecule has 0 aliphatic rings. The van der Waals surface area contributed by atoms with Crippen LogP contribution in [0, 0.1) is 5.82 Å². The van der Waals surface area contributed by atoms with Crippen molar-refractivity contribution in [3.05, 3.63) is 28.5 Å². The summed E-state index contributed by atoms with van der Waals surface area (Å²) in [6.07, 6.45) is 0.789. The number of aryl methyl sites for hydroxylation is 1. The Bertz CT molecular complexity index is 513. The summed E-state index contributed by atoms with van der Waals surface area (Å²) in [4.78, 5) is 0. The van der Waals surface area contributed by atoms with Crippen molar-refractivity contribution < 1.29 is 4.39 Å². The van der Waals surface area contributed by atoms with E-state index >= 15 is 0 Å². The van der Waals surface area contributed by atoms with Crippen LogP contribution in [-0.4, -0.2) is 26.8 Å². The van der Waals surface area contributed by atoms with Gasteiger partial charge in [-0.1, -0.05) is 0 Å². The van der Waals surface area contributed by atoms with E-state index in [0.29, 0.717) is 23.4 Å². The molecule has 90 valence electrons. The fourth-order valence-electron chi connectivity index (χ4n) is 1.46. The van der Waals surface area contributed by atoms with E-state index < -0.39 is 0 Å². The van der Waals surface area contributed by atoms with Gasteiger partial charge < -0.3 is 5.73 Å². The SMILES string of the molecule is NCCCn1nnnc1-c1ccc(F)cc1Br. The zero-order valence-electron chi connectivity index (χ0n) is 8.98. The van der Waals surface area contributed by atoms with Crippen molar-refractivity contribution in [1.82, 2.24) is 20.2 Å². The Hall–Kier alpha value is -1.34. The number of aromatic nitrogens is 4. The number of nitrogens with zero attached hydrogens (tertiary/aromatic N) is 4. The summed E-state index contributed by atoms with van der Waals surface area (Å²) < 4.78 is 15.3. The van der Waals surface area contributed by atoms with Crippen LogP contribution in [0.4, 0.5) is 4.39 Å². The largest absolute Gasteiger partial charge is 0.330 e. The smallest absolute Gasteiger partial charge is 0.183 e. The third kappa shape index (κ3) is 2.67. The zero-order chi connectivity index (χ0) is 12.3. The fourth-order valence-corrected chi connectivity index (χ4v) is 1.99. The van der Waals surface area contributed by atoms with E-state index in [-0.39, 0.29) is 5.82 Å². The van der Waals surface area contributed by atoms with Gasteiger partial charge in [-0.3, -0.25) is 0 Å². The van der Waals surface area contributed by atoms with Crippen LogP contribution >= 0.6 is 15.9 Å². The second-order valence-corrected chi connectivity index (χ2v) is 4.35. The second-order valence-electron chi connectivity index (χ2n) is 3.49. The first kappa shape index (κ1) is 12.1. The third-order valence-corrected chi connectivity index (χ3v) is 2.93. The van der Waals surface area contributed by atoms with E-state index in [0.717, 1.165) is 12.0 Å². The van der Waals surface area contributed by atoms with Crippen LogP contribution in [-0.2, 0) is 6.54 Å². The molecule has 1 heterocycles. The van der Waals surface area contributed by atoms with Crippen molar-refractivity contribution in [2.45, 2.75) is 13.0 Å². The van der Waals surface area contributed by atoms with Gasteiger partial charge in [0.2, 0.25) is 0 Å². The summed E-state index contributed by atoms with van der Waals surface area (Å²) in [6, 6.07) is 4.41. The number of benzene rings is 1. The summed E-state index contributed by atoms with van der Waals surface area (Å²) in [7, 11) is 0. The number of rotatable bonds is 4. The molecule has 7 heteroatoms. The molecule has 0 aliphatic heterocycles. The fraction of sp³-hybridized carbons (Fsp3) is 0.300. The molecular weight excluding hydrogens is 289 g/mol. The summed E-state index contributed by atoms with van der Waals surface area (Å²) in [5.41, 5.74) is 6.20. The van der Waals surface area contributed by atoms with Crippen LogP contribution in [0.1, 0.15) is 6.42 Å². The first-order valence-electron chi connectivity index (χ1n) is 5.14. The Morgan fingerprint density at radius 2 is 2.24 bits per heavy atom. The van der Waals surface area contributed by atoms with Gasteiger partial charge in [-0.05, 0) is 57.5 Å². The van der Waals surface area contributed by atoms with E-state index in [1.54, 1.807) is 10.7 Å². The molecular formula is C10H11BrFN5. The standard InChI is InChI=1S/C10H11BrFN5/c11-9-6-7(12)2-3-8(9)10-14-15-16-17(10)5-1-4-13/h2-3,6H,1,4-5,13H2. The minimum atomic E-state index is -0.304. The maximum atomic E-state index is 13.0. The molecule has 0 aliphatic carbocycles. The summed E-state index contributed by atoms with van der Waals surface area (Å²) in [6.45, 7) is 1.21. The molecule has 0 spiro atoms. The highest BCUT2D eigenvalue weighted by atomic mass is 79.9. The highest BCUT2D eigenvalue weighted by Crippen LogP contribution is 2.26. The van der Waals surface area contributed by atoms with Crippen molar-refractivity contribution in [2.75, 3.05) is 6.54 Å². The van der Waals surface area contributed by atoms with Crippen molar-refractivity contribution in [2.24, 2.45) is 5.73 Å². The second kappa shape index (κ2) is 5.33. The first-order chi connectivity index (χ1) is 8.22. The molecule has 0 fully saturated rings. The highest BCUT2D eigenvalue weighted by molar-refractivity contribution is 9.10. The van der Waals surface area contributed by atoms with Gasteiger partial charge in [0, 0.05) is 16.6 Å². The van der Waals surface area contributed by atoms with Crippen molar-refractivity contribution in [3.63, 3.8) is 0 Å². The van der Waals surface area contributed by atoms with Crippen LogP contribution < -0.4 is 5.73 Å². The molecule has 0 atom stereocenters. The van der Waals surface area contributed by atoms with Gasteiger partial charge in [-0.15, -0.1) is 5.10 Å². The van der Waals surface area contributed by atoms with E-state index in [9.17, 15) is 4.39 Å². The Kier molecular flexibility index (Phi) is 3.80. The molecule has 2 aromatic rings. The number of nitrogens with two attached hydrogens (primary N) is 1. The van der Waals surface area contributed by atoms with E-state index in [2.05, 4.69) is 31.5 Å². The van der Waals surface area contributed by atoms with Gasteiger partial charge in [-0.25, -0.2) is 9.07 Å². The summed E-state index contributed by atoms with van der Waals surface area (Å²) in [5.74, 6) is 0.298. The van der Waals surface area contributed by atoms with Gasteiger partial charge in [-0.2, -0.15) is 0 Å². The van der Waals surface area contributed by atoms with Crippen LogP contribution in [0.2, 0.25) is 0 Å². The van der Waals surface area contributed by atoms with Gasteiger partial charge in [0.05, 0.1) is 0 Å². The minimum Gasteiger partial charge on any atom is -0.330 e. The van der Waals surface area contributed by atoms with Gasteiger partial charge in [0.15, 0.2) is 5.82 Å². The highest BCUT2D eigenvalue weighted by Gasteiger charge is 2.12. The Morgan fingerprint density at radius 1 is 1.41 bits per heavy atom. The molecule has 0 radical (unpaired) electrons. The molecule has 17 heavy (non-hydrogen) atoms. The van der Waals surface area contributed by atoms with Crippen molar-refractivity contribution in [1.29, 1.82) is 0 Å². The lowest BCUT2D eigenvalue weighted by molar-refractivity contribution is 0.568. The van der Waals surface area contributed by atoms with E-state index in [1.807, 2.05) is 0 Å². The average molecular weight is 300 g/mol. The number of tetrazole rings is 1. The predicted octanol–water partition coefficient (Wildman–Crippen LogP) is 1.59. The van der Waals surface area contributed by atoms with Gasteiger partial charge in [0.1, 0.15) is 5.82 Å². The first-order valence-corrected chi connectivity index (χ1v) is 5.93. The van der Waals surface area contributed by atoms with Crippen molar-refractivity contribution >= 4 is 15.9 Å². The molecule has 0 bridgehead atoms. The summed E-state index contributed by atoms with van der Waals surface area (Å²) >= 11 is 3.30. The molecule has 5 nitrogen and oxygen atoms in total. The molecule has 0 saturated carbocycles. The zero-order valence-corrected chi connectivity index (χ0v) is 10.6. The topological polar surface area (TPSA) is 69.6 Å². The lowest BCUT2D eigenvalue weighted by atomic mass is 10.2. The average Bonchev–Trinajstić information content (AvgIpc) is 2.74. The van der Waals surface area contributed by atoms with Crippen LogP contribution in [0.5, 0.6) is 0 Å². The molecule has 1 aromatic carbocycles. The number of hydrogen-bond acceptors (Lipinski definition) is 4. The Labute approximate surface area is 106 Å². The maximum absolute atomic E-state index is 13.0. The molecule has 0 unspecified atom stereocenters. The molecule has 0 amide bonds. The molecule has 0 saturated heterocycles. The summed E-state index contributed by atoms with van der Waals surface area (Å²) in [5, 5.41) is 11.4. The molecule has 2 rings (SSSR count). The predicted molar refractivity (Wildman–Crippen MR) is 64.6 cm³/mol. The van der Waals surface area contributed by atoms with Crippen molar-refractivity contribution in [3.8, 4) is 11.4 Å². The van der Waals surface area contributed by atoms with Gasteiger partial charge >= 0.3 is 0 Å². The monoisotopic (exact) mass is 299 g/mol. The van der Waals surface area contributed by atoms with Crippen LogP contribution in [0.15, 0.2) is 22.7 Å². The van der Waals surface area contributed by atoms with Crippen LogP contribution in [0.3, 0.4) is 0 Å². The van der Waals surface area contributed by atoms with Gasteiger partial charge in [0.25, 0.3) is 0 Å².